The summed E-state index contributed by atoms with van der Waals surface area (Å²) in [6.45, 7) is 1.84. The molecule has 2 saturated heterocycles. The Morgan fingerprint density at radius 3 is 2.77 bits per heavy atom. The molecule has 26 heavy (non-hydrogen) atoms. The van der Waals surface area contributed by atoms with E-state index in [1.165, 1.54) is 29.7 Å². The molecule has 3 rings (SSSR count). The molecule has 1 amide bonds. The van der Waals surface area contributed by atoms with E-state index in [1.54, 1.807) is 6.07 Å². The molecule has 8 nitrogen and oxygen atoms in total. The summed E-state index contributed by atoms with van der Waals surface area (Å²) in [7, 11) is -4.38. The number of likely N-dealkylation sites (tertiary alicyclic amines) is 1. The van der Waals surface area contributed by atoms with Crippen LogP contribution in [0.1, 0.15) is 36.7 Å². The average molecular weight is 378 g/mol. The van der Waals surface area contributed by atoms with Gasteiger partial charge in [0.2, 0.25) is 5.91 Å². The minimum atomic E-state index is -4.38. The van der Waals surface area contributed by atoms with E-state index in [0.29, 0.717) is 19.4 Å². The molecule has 0 spiro atoms. The standard InChI is InChI=1S/C17H20N3O5S/c1-2-3-7-15(22)19-10-8-13-16(19)14(21)11-20(13)26(24,25)17(23)12-6-4-5-9-18-12/h4-7,9,13,16H,2-3,8,10-11H2,1H3. The molecule has 139 valence electrons. The number of hydrogen-bond donors (Lipinski definition) is 0. The predicted octanol–water partition coefficient (Wildman–Crippen LogP) is 0.410. The van der Waals surface area contributed by atoms with Gasteiger partial charge in [-0.3, -0.25) is 19.4 Å². The molecular formula is C17H20N3O5S. The highest BCUT2D eigenvalue weighted by atomic mass is 32.2. The van der Waals surface area contributed by atoms with Crippen molar-refractivity contribution >= 4 is 26.8 Å². The van der Waals surface area contributed by atoms with E-state index in [-0.39, 0.29) is 17.4 Å². The number of hydrogen-bond acceptors (Lipinski definition) is 6. The van der Waals surface area contributed by atoms with Crippen LogP contribution >= 0.6 is 0 Å². The maximum Gasteiger partial charge on any atom is 0.310 e. The van der Waals surface area contributed by atoms with Crippen LogP contribution in [-0.4, -0.2) is 64.6 Å². The first kappa shape index (κ1) is 18.7. The molecule has 1 radical (unpaired) electrons. The lowest BCUT2D eigenvalue weighted by Crippen LogP contribution is -2.44. The van der Waals surface area contributed by atoms with Crippen LogP contribution in [0.3, 0.4) is 0 Å². The summed E-state index contributed by atoms with van der Waals surface area (Å²) < 4.78 is 26.4. The van der Waals surface area contributed by atoms with Crippen molar-refractivity contribution in [2.45, 2.75) is 38.3 Å². The third kappa shape index (κ3) is 3.16. The van der Waals surface area contributed by atoms with Gasteiger partial charge in [0.15, 0.2) is 5.78 Å². The van der Waals surface area contributed by atoms with Crippen molar-refractivity contribution in [1.29, 1.82) is 0 Å². The Hall–Kier alpha value is -2.13. The number of ketones is 1. The predicted molar refractivity (Wildman–Crippen MR) is 92.3 cm³/mol. The Labute approximate surface area is 152 Å². The van der Waals surface area contributed by atoms with Crippen molar-refractivity contribution in [3.63, 3.8) is 0 Å². The van der Waals surface area contributed by atoms with Crippen molar-refractivity contribution in [3.8, 4) is 0 Å². The second-order valence-corrected chi connectivity index (χ2v) is 8.13. The van der Waals surface area contributed by atoms with Gasteiger partial charge in [-0.15, -0.1) is 0 Å². The lowest BCUT2D eigenvalue weighted by molar-refractivity contribution is -0.133. The Morgan fingerprint density at radius 2 is 2.12 bits per heavy atom. The van der Waals surface area contributed by atoms with E-state index in [1.807, 2.05) is 6.92 Å². The van der Waals surface area contributed by atoms with Crippen molar-refractivity contribution in [1.82, 2.24) is 14.2 Å². The molecule has 2 atom stereocenters. The van der Waals surface area contributed by atoms with Crippen LogP contribution < -0.4 is 0 Å². The summed E-state index contributed by atoms with van der Waals surface area (Å²) in [4.78, 5) is 42.3. The summed E-state index contributed by atoms with van der Waals surface area (Å²) in [6.07, 6.45) is 4.59. The molecule has 2 aliphatic heterocycles. The largest absolute Gasteiger partial charge is 0.331 e. The Bertz CT molecular complexity index is 824. The van der Waals surface area contributed by atoms with Gasteiger partial charge in [0.05, 0.1) is 12.6 Å². The summed E-state index contributed by atoms with van der Waals surface area (Å²) in [5.74, 6) is -0.619. The monoisotopic (exact) mass is 378 g/mol. The molecule has 0 N–H and O–H groups in total. The summed E-state index contributed by atoms with van der Waals surface area (Å²) in [5.41, 5.74) is -0.189. The van der Waals surface area contributed by atoms with Crippen LogP contribution in [0.15, 0.2) is 24.4 Å². The molecule has 9 heteroatoms. The van der Waals surface area contributed by atoms with Gasteiger partial charge in [-0.1, -0.05) is 19.4 Å². The average Bonchev–Trinajstić information content (AvgIpc) is 3.21. The minimum Gasteiger partial charge on any atom is -0.331 e. The third-order valence-electron chi connectivity index (χ3n) is 4.69. The number of fused-ring (bicyclic) bond motifs is 1. The number of aromatic nitrogens is 1. The van der Waals surface area contributed by atoms with Gasteiger partial charge in [0.25, 0.3) is 10.0 Å². The maximum atomic E-state index is 12.7. The fraction of sp³-hybridized carbons (Fsp3) is 0.471. The number of unbranched alkanes of at least 4 members (excludes halogenated alkanes) is 1. The maximum absolute atomic E-state index is 12.7. The van der Waals surface area contributed by atoms with Crippen molar-refractivity contribution < 1.29 is 22.8 Å². The van der Waals surface area contributed by atoms with E-state index in [0.717, 1.165) is 10.7 Å². The van der Waals surface area contributed by atoms with Crippen molar-refractivity contribution in [2.75, 3.05) is 13.1 Å². The summed E-state index contributed by atoms with van der Waals surface area (Å²) in [5, 5.41) is -1.13. The fourth-order valence-electron chi connectivity index (χ4n) is 3.45. The van der Waals surface area contributed by atoms with Crippen LogP contribution in [0.25, 0.3) is 0 Å². The van der Waals surface area contributed by atoms with Gasteiger partial charge in [-0.25, -0.2) is 8.42 Å². The highest BCUT2D eigenvalue weighted by Gasteiger charge is 2.54. The van der Waals surface area contributed by atoms with Crippen molar-refractivity contribution in [3.05, 3.63) is 36.5 Å². The zero-order valence-corrected chi connectivity index (χ0v) is 15.2. The fourth-order valence-corrected chi connectivity index (χ4v) is 4.92. The van der Waals surface area contributed by atoms with Gasteiger partial charge >= 0.3 is 5.12 Å². The number of nitrogens with zero attached hydrogens (tertiary/aromatic N) is 3. The third-order valence-corrected chi connectivity index (χ3v) is 6.38. The second kappa shape index (κ2) is 7.24. The van der Waals surface area contributed by atoms with E-state index < -0.39 is 33.8 Å². The van der Waals surface area contributed by atoms with E-state index in [2.05, 4.69) is 4.98 Å². The lowest BCUT2D eigenvalue weighted by Gasteiger charge is -2.23. The molecule has 0 bridgehead atoms. The quantitative estimate of drug-likeness (QED) is 0.735. The first-order valence-corrected chi connectivity index (χ1v) is 9.95. The van der Waals surface area contributed by atoms with Gasteiger partial charge in [0, 0.05) is 19.2 Å². The first-order valence-electron chi connectivity index (χ1n) is 8.51. The minimum absolute atomic E-state index is 0.189. The summed E-state index contributed by atoms with van der Waals surface area (Å²) in [6, 6.07) is 2.90. The molecule has 0 aromatic carbocycles. The number of carbonyl (C=O) groups excluding carboxylic acids is 3. The number of amides is 1. The van der Waals surface area contributed by atoms with Crippen LogP contribution in [0, 0.1) is 6.42 Å². The zero-order valence-electron chi connectivity index (χ0n) is 14.4. The van der Waals surface area contributed by atoms with Gasteiger partial charge in [-0.05, 0) is 25.0 Å². The second-order valence-electron chi connectivity index (χ2n) is 6.34. The molecule has 2 fully saturated rings. The molecular weight excluding hydrogens is 358 g/mol. The molecule has 2 unspecified atom stereocenters. The number of sulfonamides is 1. The Morgan fingerprint density at radius 1 is 1.35 bits per heavy atom. The van der Waals surface area contributed by atoms with Gasteiger partial charge in [-0.2, -0.15) is 4.31 Å². The summed E-state index contributed by atoms with van der Waals surface area (Å²) >= 11 is 0. The molecule has 0 aliphatic carbocycles. The van der Waals surface area contributed by atoms with Gasteiger partial charge < -0.3 is 4.90 Å². The number of carbonyl (C=O) groups is 3. The lowest BCUT2D eigenvalue weighted by atomic mass is 10.1. The number of pyridine rings is 1. The van der Waals surface area contributed by atoms with E-state index in [4.69, 9.17) is 0 Å². The highest BCUT2D eigenvalue weighted by molar-refractivity contribution is 8.04. The van der Waals surface area contributed by atoms with Crippen LogP contribution in [0.2, 0.25) is 0 Å². The number of rotatable bonds is 5. The van der Waals surface area contributed by atoms with E-state index >= 15 is 0 Å². The molecule has 1 aromatic rings. The van der Waals surface area contributed by atoms with Crippen LogP contribution in [0.4, 0.5) is 0 Å². The number of Topliss-reactive ketones (excluding diaryl/α,β-unsaturated/α-hetero) is 1. The molecule has 3 heterocycles. The smallest absolute Gasteiger partial charge is 0.310 e. The Kier molecular flexibility index (Phi) is 5.19. The topological polar surface area (TPSA) is 105 Å². The molecule has 1 aromatic heterocycles. The zero-order chi connectivity index (χ0) is 18.9. The molecule has 0 saturated carbocycles. The van der Waals surface area contributed by atoms with E-state index in [9.17, 15) is 22.8 Å². The normalized spacial score (nSPS) is 23.3. The van der Waals surface area contributed by atoms with Crippen molar-refractivity contribution in [2.24, 2.45) is 0 Å². The van der Waals surface area contributed by atoms with Gasteiger partial charge in [0.1, 0.15) is 11.7 Å². The Balaban J connectivity index is 1.82. The first-order chi connectivity index (χ1) is 12.4. The van der Waals surface area contributed by atoms with Crippen LogP contribution in [0.5, 0.6) is 0 Å². The SMILES string of the molecule is CCC[CH]C(=O)N1CCC2C1C(=O)CN2S(=O)(=O)C(=O)c1ccccn1. The highest BCUT2D eigenvalue weighted by Crippen LogP contribution is 2.33. The van der Waals surface area contributed by atoms with Crippen LogP contribution in [-0.2, 0) is 19.6 Å². The molecule has 2 aliphatic rings.